The zero-order valence-corrected chi connectivity index (χ0v) is 17.3. The highest BCUT2D eigenvalue weighted by Gasteiger charge is 2.23. The Morgan fingerprint density at radius 1 is 1.23 bits per heavy atom. The number of carbonyl (C=O) groups is 1. The zero-order valence-electron chi connectivity index (χ0n) is 16.6. The van der Waals surface area contributed by atoms with Crippen LogP contribution in [-0.2, 0) is 6.42 Å². The molecule has 0 unspecified atom stereocenters. The number of hydrazine groups is 1. The topological polar surface area (TPSA) is 90.3 Å². The Kier molecular flexibility index (Phi) is 5.74. The normalized spacial score (nSPS) is 12.3. The van der Waals surface area contributed by atoms with Gasteiger partial charge in [0.1, 0.15) is 23.3 Å². The molecule has 0 radical (unpaired) electrons. The van der Waals surface area contributed by atoms with Gasteiger partial charge in [-0.25, -0.2) is 9.78 Å². The molecule has 154 valence electrons. The largest absolute Gasteiger partial charge is 0.456 e. The molecule has 2 amide bonds. The van der Waals surface area contributed by atoms with Gasteiger partial charge >= 0.3 is 6.03 Å². The molecule has 2 aromatic carbocycles. The first kappa shape index (κ1) is 20.3. The molecule has 1 aliphatic rings. The van der Waals surface area contributed by atoms with Gasteiger partial charge in [-0.2, -0.15) is 5.26 Å². The van der Waals surface area contributed by atoms with Crippen LogP contribution in [-0.4, -0.2) is 11.0 Å². The molecule has 31 heavy (non-hydrogen) atoms. The van der Waals surface area contributed by atoms with Crippen LogP contribution in [0.25, 0.3) is 0 Å². The lowest BCUT2D eigenvalue weighted by Crippen LogP contribution is -2.43. The zero-order chi connectivity index (χ0) is 21.8. The Hall–Kier alpha value is -4.02. The number of urea groups is 1. The minimum atomic E-state index is -0.307. The van der Waals surface area contributed by atoms with Gasteiger partial charge in [-0.15, -0.1) is 0 Å². The van der Waals surface area contributed by atoms with Crippen LogP contribution < -0.4 is 20.5 Å². The van der Waals surface area contributed by atoms with Crippen molar-refractivity contribution in [3.8, 4) is 17.6 Å². The van der Waals surface area contributed by atoms with Crippen molar-refractivity contribution >= 4 is 29.0 Å². The van der Waals surface area contributed by atoms with Crippen LogP contribution in [0.4, 0.5) is 16.2 Å². The standard InChI is InChI=1S/C23H18ClN5O2/c1-15-6-7-16-4-2-3-5-21(16)29(15)23(30)28-27-17-8-9-22(20(24)13-17)31-19-10-11-26-18(12-19)14-25/h2-6,8-13,27H,7H2,1H3,(H,28,30). The summed E-state index contributed by atoms with van der Waals surface area (Å²) in [6.07, 6.45) is 4.30. The molecule has 4 rings (SSSR count). The number of amides is 2. The third-order valence-electron chi connectivity index (χ3n) is 4.73. The van der Waals surface area contributed by atoms with E-state index in [0.717, 1.165) is 23.4 Å². The van der Waals surface area contributed by atoms with Gasteiger partial charge in [0, 0.05) is 18.0 Å². The SMILES string of the molecule is CC1=CCc2ccccc2N1C(=O)NNc1ccc(Oc2ccnc(C#N)c2)c(Cl)c1. The molecule has 0 saturated heterocycles. The molecule has 2 N–H and O–H groups in total. The maximum absolute atomic E-state index is 12.8. The monoisotopic (exact) mass is 431 g/mol. The van der Waals surface area contributed by atoms with Gasteiger partial charge in [-0.05, 0) is 49.2 Å². The van der Waals surface area contributed by atoms with Crippen molar-refractivity contribution in [1.29, 1.82) is 5.26 Å². The van der Waals surface area contributed by atoms with Crippen molar-refractivity contribution in [2.75, 3.05) is 10.3 Å². The number of hydrogen-bond donors (Lipinski definition) is 2. The smallest absolute Gasteiger partial charge is 0.344 e. The van der Waals surface area contributed by atoms with Gasteiger partial charge in [-0.1, -0.05) is 35.9 Å². The van der Waals surface area contributed by atoms with Crippen LogP contribution in [0.3, 0.4) is 0 Å². The van der Waals surface area contributed by atoms with E-state index >= 15 is 0 Å². The van der Waals surface area contributed by atoms with E-state index in [2.05, 4.69) is 15.8 Å². The lowest BCUT2D eigenvalue weighted by Gasteiger charge is -2.29. The van der Waals surface area contributed by atoms with Crippen molar-refractivity contribution in [2.45, 2.75) is 13.3 Å². The Labute approximate surface area is 184 Å². The van der Waals surface area contributed by atoms with E-state index in [1.807, 2.05) is 43.3 Å². The Morgan fingerprint density at radius 2 is 2.06 bits per heavy atom. The average Bonchev–Trinajstić information content (AvgIpc) is 2.79. The number of carbonyl (C=O) groups excluding carboxylic acids is 1. The summed E-state index contributed by atoms with van der Waals surface area (Å²) in [6.45, 7) is 1.90. The van der Waals surface area contributed by atoms with Crippen LogP contribution in [0.5, 0.6) is 11.5 Å². The van der Waals surface area contributed by atoms with Gasteiger partial charge in [0.2, 0.25) is 0 Å². The molecule has 1 aliphatic heterocycles. The van der Waals surface area contributed by atoms with E-state index in [1.165, 1.54) is 12.3 Å². The lowest BCUT2D eigenvalue weighted by atomic mass is 10.0. The Balaban J connectivity index is 1.44. The molecular formula is C23H18ClN5O2. The molecule has 1 aromatic heterocycles. The molecule has 0 spiro atoms. The minimum absolute atomic E-state index is 0.248. The van der Waals surface area contributed by atoms with E-state index in [1.54, 1.807) is 29.2 Å². The maximum atomic E-state index is 12.8. The van der Waals surface area contributed by atoms with Crippen molar-refractivity contribution in [3.05, 3.63) is 88.8 Å². The fourth-order valence-corrected chi connectivity index (χ4v) is 3.43. The summed E-state index contributed by atoms with van der Waals surface area (Å²) in [6, 6.07) is 17.6. The lowest BCUT2D eigenvalue weighted by molar-refractivity contribution is 0.249. The summed E-state index contributed by atoms with van der Waals surface area (Å²) in [4.78, 5) is 18.3. The number of allylic oxidation sites excluding steroid dienone is 2. The molecule has 8 heteroatoms. The Bertz CT molecular complexity index is 1220. The second-order valence-electron chi connectivity index (χ2n) is 6.80. The van der Waals surface area contributed by atoms with E-state index in [9.17, 15) is 4.79 Å². The number of nitrogens with zero attached hydrogens (tertiary/aromatic N) is 3. The quantitative estimate of drug-likeness (QED) is 0.539. The van der Waals surface area contributed by atoms with Gasteiger partial charge in [0.05, 0.1) is 16.4 Å². The molecular weight excluding hydrogens is 414 g/mol. The summed E-state index contributed by atoms with van der Waals surface area (Å²) < 4.78 is 5.73. The van der Waals surface area contributed by atoms with Crippen molar-refractivity contribution in [3.63, 3.8) is 0 Å². The fourth-order valence-electron chi connectivity index (χ4n) is 3.22. The summed E-state index contributed by atoms with van der Waals surface area (Å²) >= 11 is 6.33. The van der Waals surface area contributed by atoms with Crippen molar-refractivity contribution in [1.82, 2.24) is 10.4 Å². The number of anilines is 2. The molecule has 3 aromatic rings. The van der Waals surface area contributed by atoms with E-state index in [4.69, 9.17) is 21.6 Å². The number of pyridine rings is 1. The molecule has 0 saturated carbocycles. The van der Waals surface area contributed by atoms with Gasteiger partial charge in [0.15, 0.2) is 0 Å². The van der Waals surface area contributed by atoms with Crippen LogP contribution in [0.15, 0.2) is 72.6 Å². The molecule has 0 bridgehead atoms. The number of nitrogens with one attached hydrogen (secondary N) is 2. The highest BCUT2D eigenvalue weighted by atomic mass is 35.5. The molecule has 0 aliphatic carbocycles. The van der Waals surface area contributed by atoms with Crippen LogP contribution in [0.1, 0.15) is 18.2 Å². The summed E-state index contributed by atoms with van der Waals surface area (Å²) in [5, 5.41) is 9.29. The van der Waals surface area contributed by atoms with Crippen molar-refractivity contribution in [2.24, 2.45) is 0 Å². The molecule has 7 nitrogen and oxygen atoms in total. The molecule has 2 heterocycles. The summed E-state index contributed by atoms with van der Waals surface area (Å²) in [7, 11) is 0. The molecule has 0 atom stereocenters. The number of para-hydroxylation sites is 1. The third kappa shape index (κ3) is 4.44. The van der Waals surface area contributed by atoms with Crippen LogP contribution in [0.2, 0.25) is 5.02 Å². The van der Waals surface area contributed by atoms with Crippen LogP contribution in [0, 0.1) is 11.3 Å². The number of benzene rings is 2. The van der Waals surface area contributed by atoms with Gasteiger partial charge < -0.3 is 4.74 Å². The highest BCUT2D eigenvalue weighted by Crippen LogP contribution is 2.32. The third-order valence-corrected chi connectivity index (χ3v) is 5.02. The number of ether oxygens (including phenoxy) is 1. The van der Waals surface area contributed by atoms with Crippen molar-refractivity contribution < 1.29 is 9.53 Å². The predicted molar refractivity (Wildman–Crippen MR) is 119 cm³/mol. The first-order valence-electron chi connectivity index (χ1n) is 9.49. The number of halogens is 1. The van der Waals surface area contributed by atoms with Gasteiger partial charge in [0.25, 0.3) is 0 Å². The summed E-state index contributed by atoms with van der Waals surface area (Å²) in [5.74, 6) is 0.867. The predicted octanol–water partition coefficient (Wildman–Crippen LogP) is 5.40. The van der Waals surface area contributed by atoms with E-state index < -0.39 is 0 Å². The first-order valence-corrected chi connectivity index (χ1v) is 9.87. The number of hydrogen-bond acceptors (Lipinski definition) is 5. The maximum Gasteiger partial charge on any atom is 0.344 e. The van der Waals surface area contributed by atoms with E-state index in [-0.39, 0.29) is 11.7 Å². The summed E-state index contributed by atoms with van der Waals surface area (Å²) in [5.41, 5.74) is 9.22. The Morgan fingerprint density at radius 3 is 2.87 bits per heavy atom. The molecule has 0 fully saturated rings. The second kappa shape index (κ2) is 8.78. The average molecular weight is 432 g/mol. The number of aromatic nitrogens is 1. The number of rotatable bonds is 4. The number of fused-ring (bicyclic) bond motifs is 1. The first-order chi connectivity index (χ1) is 15.0. The second-order valence-corrected chi connectivity index (χ2v) is 7.21. The van der Waals surface area contributed by atoms with Gasteiger partial charge in [-0.3, -0.25) is 15.8 Å². The van der Waals surface area contributed by atoms with Crippen LogP contribution >= 0.6 is 11.6 Å². The fraction of sp³-hybridized carbons (Fsp3) is 0.0870. The number of nitriles is 1. The van der Waals surface area contributed by atoms with E-state index in [0.29, 0.717) is 22.2 Å². The minimum Gasteiger partial charge on any atom is -0.456 e. The highest BCUT2D eigenvalue weighted by molar-refractivity contribution is 6.32.